The number of nitrogens with two attached hydrogens (primary N) is 1. The summed E-state index contributed by atoms with van der Waals surface area (Å²) in [4.78, 5) is 11.9. The SMILES string of the molecule is CNC(=O)c1cc(S(=O)(=O)N2CCCCC2C(C)N)cn1C.Cl. The van der Waals surface area contributed by atoms with Crippen LogP contribution >= 0.6 is 12.4 Å². The van der Waals surface area contributed by atoms with Crippen LogP contribution in [0, 0.1) is 0 Å². The fourth-order valence-electron chi connectivity index (χ4n) is 2.92. The van der Waals surface area contributed by atoms with Crippen LogP contribution in [0.15, 0.2) is 17.2 Å². The van der Waals surface area contributed by atoms with Crippen LogP contribution in [-0.4, -0.2) is 48.9 Å². The third kappa shape index (κ3) is 3.88. The molecule has 9 heteroatoms. The van der Waals surface area contributed by atoms with Crippen molar-refractivity contribution in [3.8, 4) is 0 Å². The molecule has 1 aromatic rings. The van der Waals surface area contributed by atoms with Gasteiger partial charge >= 0.3 is 0 Å². The van der Waals surface area contributed by atoms with E-state index in [9.17, 15) is 13.2 Å². The molecule has 1 fully saturated rings. The summed E-state index contributed by atoms with van der Waals surface area (Å²) in [6.07, 6.45) is 4.06. The van der Waals surface area contributed by atoms with Crippen molar-refractivity contribution in [2.24, 2.45) is 12.8 Å². The summed E-state index contributed by atoms with van der Waals surface area (Å²) in [5.41, 5.74) is 6.28. The molecule has 2 rings (SSSR count). The van der Waals surface area contributed by atoms with Gasteiger partial charge < -0.3 is 15.6 Å². The van der Waals surface area contributed by atoms with Gasteiger partial charge in [0.1, 0.15) is 10.6 Å². The number of halogens is 1. The minimum absolute atomic E-state index is 0. The lowest BCUT2D eigenvalue weighted by molar-refractivity contribution is 0.0955. The maximum Gasteiger partial charge on any atom is 0.267 e. The van der Waals surface area contributed by atoms with E-state index >= 15 is 0 Å². The number of carbonyl (C=O) groups excluding carboxylic acids is 1. The lowest BCUT2D eigenvalue weighted by atomic mass is 10.00. The second-order valence-electron chi connectivity index (χ2n) is 5.79. The molecule has 1 saturated heterocycles. The van der Waals surface area contributed by atoms with E-state index < -0.39 is 10.0 Å². The van der Waals surface area contributed by atoms with Gasteiger partial charge in [-0.1, -0.05) is 6.42 Å². The predicted octanol–water partition coefficient (Wildman–Crippen LogP) is 0.697. The van der Waals surface area contributed by atoms with Crippen LogP contribution in [0.2, 0.25) is 0 Å². The van der Waals surface area contributed by atoms with E-state index in [1.807, 2.05) is 6.92 Å². The van der Waals surface area contributed by atoms with Crippen LogP contribution in [0.25, 0.3) is 0 Å². The van der Waals surface area contributed by atoms with Crippen LogP contribution in [0.4, 0.5) is 0 Å². The van der Waals surface area contributed by atoms with Gasteiger partial charge in [-0.3, -0.25) is 4.79 Å². The number of amides is 1. The Morgan fingerprint density at radius 2 is 2.09 bits per heavy atom. The van der Waals surface area contributed by atoms with Crippen molar-refractivity contribution in [1.82, 2.24) is 14.2 Å². The number of piperidine rings is 1. The van der Waals surface area contributed by atoms with Crippen molar-refractivity contribution in [1.29, 1.82) is 0 Å². The Balaban J connectivity index is 0.00000264. The quantitative estimate of drug-likeness (QED) is 0.821. The van der Waals surface area contributed by atoms with Crippen LogP contribution in [0.5, 0.6) is 0 Å². The Morgan fingerprint density at radius 1 is 1.43 bits per heavy atom. The molecule has 23 heavy (non-hydrogen) atoms. The third-order valence-electron chi connectivity index (χ3n) is 4.15. The zero-order chi connectivity index (χ0) is 16.5. The maximum absolute atomic E-state index is 12.9. The average Bonchev–Trinajstić information content (AvgIpc) is 2.89. The van der Waals surface area contributed by atoms with E-state index in [4.69, 9.17) is 5.73 Å². The number of nitrogens with zero attached hydrogens (tertiary/aromatic N) is 2. The first-order valence-electron chi connectivity index (χ1n) is 7.45. The lowest BCUT2D eigenvalue weighted by Gasteiger charge is -2.36. The van der Waals surface area contributed by atoms with Crippen molar-refractivity contribution in [2.45, 2.75) is 43.2 Å². The molecule has 0 saturated carbocycles. The van der Waals surface area contributed by atoms with Gasteiger partial charge in [0.05, 0.1) is 0 Å². The molecule has 0 aliphatic carbocycles. The average molecular weight is 365 g/mol. The second kappa shape index (κ2) is 7.65. The molecule has 132 valence electrons. The van der Waals surface area contributed by atoms with E-state index in [1.54, 1.807) is 7.05 Å². The molecule has 0 aromatic carbocycles. The number of aryl methyl sites for hydroxylation is 1. The summed E-state index contributed by atoms with van der Waals surface area (Å²) in [5.74, 6) is -0.314. The molecule has 1 amide bonds. The van der Waals surface area contributed by atoms with Crippen molar-refractivity contribution in [3.05, 3.63) is 18.0 Å². The fourth-order valence-corrected chi connectivity index (χ4v) is 4.77. The monoisotopic (exact) mass is 364 g/mol. The van der Waals surface area contributed by atoms with Crippen LogP contribution < -0.4 is 11.1 Å². The highest BCUT2D eigenvalue weighted by molar-refractivity contribution is 7.89. The van der Waals surface area contributed by atoms with Gasteiger partial charge in [0.25, 0.3) is 5.91 Å². The van der Waals surface area contributed by atoms with E-state index in [1.165, 1.54) is 28.2 Å². The Morgan fingerprint density at radius 3 is 2.65 bits per heavy atom. The molecular formula is C14H25ClN4O3S. The van der Waals surface area contributed by atoms with Gasteiger partial charge in [-0.2, -0.15) is 4.31 Å². The van der Waals surface area contributed by atoms with Crippen molar-refractivity contribution in [2.75, 3.05) is 13.6 Å². The zero-order valence-corrected chi connectivity index (χ0v) is 15.3. The number of hydrogen-bond donors (Lipinski definition) is 2. The number of aromatic nitrogens is 1. The normalized spacial score (nSPS) is 20.6. The summed E-state index contributed by atoms with van der Waals surface area (Å²) >= 11 is 0. The highest BCUT2D eigenvalue weighted by Crippen LogP contribution is 2.27. The molecule has 2 unspecified atom stereocenters. The molecule has 0 spiro atoms. The maximum atomic E-state index is 12.9. The number of rotatable bonds is 4. The molecular weight excluding hydrogens is 340 g/mol. The smallest absolute Gasteiger partial charge is 0.267 e. The van der Waals surface area contributed by atoms with Crippen molar-refractivity contribution in [3.63, 3.8) is 0 Å². The predicted molar refractivity (Wildman–Crippen MR) is 91.2 cm³/mol. The molecule has 1 aliphatic rings. The zero-order valence-electron chi connectivity index (χ0n) is 13.7. The minimum atomic E-state index is -3.65. The van der Waals surface area contributed by atoms with Crippen molar-refractivity contribution >= 4 is 28.3 Å². The Hall–Kier alpha value is -1.09. The topological polar surface area (TPSA) is 97.4 Å². The summed E-state index contributed by atoms with van der Waals surface area (Å²) in [5, 5.41) is 2.51. The van der Waals surface area contributed by atoms with Gasteiger partial charge in [0.2, 0.25) is 10.0 Å². The number of carbonyl (C=O) groups is 1. The van der Waals surface area contributed by atoms with E-state index in [2.05, 4.69) is 5.32 Å². The molecule has 2 heterocycles. The minimum Gasteiger partial charge on any atom is -0.354 e. The Labute approximate surface area is 143 Å². The van der Waals surface area contributed by atoms with Crippen LogP contribution in [0.1, 0.15) is 36.7 Å². The third-order valence-corrected chi connectivity index (χ3v) is 6.04. The Bertz CT molecular complexity index is 657. The largest absolute Gasteiger partial charge is 0.354 e. The summed E-state index contributed by atoms with van der Waals surface area (Å²) in [6.45, 7) is 2.30. The molecule has 2 atom stereocenters. The summed E-state index contributed by atoms with van der Waals surface area (Å²) < 4.78 is 28.8. The van der Waals surface area contributed by atoms with Gasteiger partial charge in [0.15, 0.2) is 0 Å². The first-order valence-corrected chi connectivity index (χ1v) is 8.89. The fraction of sp³-hybridized carbons (Fsp3) is 0.643. The van der Waals surface area contributed by atoms with Crippen molar-refractivity contribution < 1.29 is 13.2 Å². The van der Waals surface area contributed by atoms with Gasteiger partial charge in [-0.25, -0.2) is 8.42 Å². The van der Waals surface area contributed by atoms with E-state index in [0.29, 0.717) is 12.2 Å². The van der Waals surface area contributed by atoms with Gasteiger partial charge in [-0.05, 0) is 25.8 Å². The first kappa shape index (κ1) is 20.0. The molecule has 0 radical (unpaired) electrons. The van der Waals surface area contributed by atoms with E-state index in [-0.39, 0.29) is 35.3 Å². The van der Waals surface area contributed by atoms with Crippen LogP contribution in [-0.2, 0) is 17.1 Å². The first-order chi connectivity index (χ1) is 10.3. The van der Waals surface area contributed by atoms with Gasteiger partial charge in [-0.15, -0.1) is 12.4 Å². The van der Waals surface area contributed by atoms with E-state index in [0.717, 1.165) is 19.3 Å². The molecule has 3 N–H and O–H groups in total. The van der Waals surface area contributed by atoms with Crippen LogP contribution in [0.3, 0.4) is 0 Å². The molecule has 7 nitrogen and oxygen atoms in total. The highest BCUT2D eigenvalue weighted by atomic mass is 35.5. The van der Waals surface area contributed by atoms with Gasteiger partial charge in [0, 0.05) is 38.9 Å². The molecule has 1 aliphatic heterocycles. The number of nitrogens with one attached hydrogen (secondary N) is 1. The molecule has 0 bridgehead atoms. The summed E-state index contributed by atoms with van der Waals surface area (Å²) in [6, 6.07) is 1.00. The summed E-state index contributed by atoms with van der Waals surface area (Å²) in [7, 11) is -0.477. The second-order valence-corrected chi connectivity index (χ2v) is 7.68. The molecule has 1 aromatic heterocycles. The number of sulfonamides is 1. The lowest BCUT2D eigenvalue weighted by Crippen LogP contribution is -2.51. The number of hydrogen-bond acceptors (Lipinski definition) is 4. The standard InChI is InChI=1S/C14H24N4O3S.ClH/c1-10(15)12-6-4-5-7-18(12)22(20,21)11-8-13(14(19)16-2)17(3)9-11;/h8-10,12H,4-7,15H2,1-3H3,(H,16,19);1H. The highest BCUT2D eigenvalue weighted by Gasteiger charge is 2.36. The Kier molecular flexibility index (Phi) is 6.64.